The van der Waals surface area contributed by atoms with E-state index in [4.69, 9.17) is 23.2 Å². The van der Waals surface area contributed by atoms with Crippen LogP contribution in [0.15, 0.2) is 11.0 Å². The van der Waals surface area contributed by atoms with E-state index in [1.807, 2.05) is 6.92 Å². The van der Waals surface area contributed by atoms with Gasteiger partial charge in [0, 0.05) is 12.1 Å². The zero-order chi connectivity index (χ0) is 12.7. The first-order valence-electron chi connectivity index (χ1n) is 5.02. The second-order valence-corrected chi connectivity index (χ2v) is 8.22. The third kappa shape index (κ3) is 2.94. The molecule has 2 heterocycles. The second-order valence-electron chi connectivity index (χ2n) is 4.28. The van der Waals surface area contributed by atoms with E-state index < -0.39 is 15.6 Å². The van der Waals surface area contributed by atoms with Crippen molar-refractivity contribution in [1.29, 1.82) is 0 Å². The Morgan fingerprint density at radius 2 is 2.24 bits per heavy atom. The van der Waals surface area contributed by atoms with Crippen LogP contribution in [-0.2, 0) is 10.0 Å². The van der Waals surface area contributed by atoms with Crippen LogP contribution >= 0.6 is 34.5 Å². The summed E-state index contributed by atoms with van der Waals surface area (Å²) in [6.45, 7) is 3.28. The molecular formula is C9H12Cl2N2O2S2. The van der Waals surface area contributed by atoms with Crippen LogP contribution in [0, 0.1) is 0 Å². The quantitative estimate of drug-likeness (QED) is 0.898. The van der Waals surface area contributed by atoms with Gasteiger partial charge in [0.2, 0.25) is 10.0 Å². The molecule has 0 spiro atoms. The van der Waals surface area contributed by atoms with Gasteiger partial charge in [0.25, 0.3) is 0 Å². The maximum atomic E-state index is 12.2. The van der Waals surface area contributed by atoms with Crippen molar-refractivity contribution in [2.24, 2.45) is 0 Å². The van der Waals surface area contributed by atoms with Crippen LogP contribution in [0.2, 0.25) is 8.67 Å². The highest BCUT2D eigenvalue weighted by atomic mass is 35.5. The molecule has 1 saturated heterocycles. The summed E-state index contributed by atoms with van der Waals surface area (Å²) >= 11 is 12.7. The minimum absolute atomic E-state index is 0.0577. The highest BCUT2D eigenvalue weighted by Crippen LogP contribution is 2.34. The fraction of sp³-hybridized carbons (Fsp3) is 0.556. The van der Waals surface area contributed by atoms with Crippen molar-refractivity contribution in [2.45, 2.75) is 23.8 Å². The Labute approximate surface area is 114 Å². The van der Waals surface area contributed by atoms with Crippen molar-refractivity contribution in [3.63, 3.8) is 0 Å². The van der Waals surface area contributed by atoms with Crippen LogP contribution in [0.4, 0.5) is 0 Å². The molecule has 8 heteroatoms. The Bertz CT molecular complexity index is 521. The fourth-order valence-corrected chi connectivity index (χ4v) is 5.38. The van der Waals surface area contributed by atoms with Crippen LogP contribution < -0.4 is 10.0 Å². The van der Waals surface area contributed by atoms with Gasteiger partial charge in [0.05, 0.1) is 4.34 Å². The molecule has 0 radical (unpaired) electrons. The summed E-state index contributed by atoms with van der Waals surface area (Å²) in [4.78, 5) is 0.0577. The third-order valence-electron chi connectivity index (χ3n) is 2.66. The lowest BCUT2D eigenvalue weighted by Crippen LogP contribution is -2.47. The van der Waals surface area contributed by atoms with Gasteiger partial charge in [0.1, 0.15) is 9.23 Å². The molecule has 0 bridgehead atoms. The number of hydrogen-bond acceptors (Lipinski definition) is 4. The Morgan fingerprint density at radius 1 is 1.53 bits per heavy atom. The molecule has 0 aliphatic carbocycles. The van der Waals surface area contributed by atoms with Crippen LogP contribution in [0.5, 0.6) is 0 Å². The Kier molecular flexibility index (Phi) is 3.74. The molecule has 1 aromatic rings. The van der Waals surface area contributed by atoms with E-state index in [0.717, 1.165) is 24.3 Å². The molecule has 96 valence electrons. The molecular weight excluding hydrogens is 303 g/mol. The summed E-state index contributed by atoms with van der Waals surface area (Å²) in [5.74, 6) is 0. The lowest BCUT2D eigenvalue weighted by atomic mass is 10.0. The zero-order valence-electron chi connectivity index (χ0n) is 9.09. The van der Waals surface area contributed by atoms with E-state index >= 15 is 0 Å². The predicted octanol–water partition coefficient (Wildman–Crippen LogP) is 2.09. The molecule has 2 rings (SSSR count). The molecule has 0 amide bonds. The molecule has 1 unspecified atom stereocenters. The molecule has 1 fully saturated rings. The standard InChI is InChI=1S/C9H12Cl2N2O2S2/c1-9(2-3-12-5-9)13-17(14,15)6-4-7(10)16-8(6)11/h4,12-13H,2-3,5H2,1H3. The van der Waals surface area contributed by atoms with Crippen molar-refractivity contribution in [3.05, 3.63) is 14.7 Å². The van der Waals surface area contributed by atoms with E-state index in [9.17, 15) is 8.42 Å². The van der Waals surface area contributed by atoms with Crippen molar-refractivity contribution >= 4 is 44.6 Å². The van der Waals surface area contributed by atoms with Crippen molar-refractivity contribution in [1.82, 2.24) is 10.0 Å². The van der Waals surface area contributed by atoms with Gasteiger partial charge in [-0.05, 0) is 26.0 Å². The molecule has 4 nitrogen and oxygen atoms in total. The van der Waals surface area contributed by atoms with Gasteiger partial charge in [-0.15, -0.1) is 11.3 Å². The predicted molar refractivity (Wildman–Crippen MR) is 70.6 cm³/mol. The van der Waals surface area contributed by atoms with Crippen LogP contribution in [0.25, 0.3) is 0 Å². The van der Waals surface area contributed by atoms with Crippen LogP contribution in [-0.4, -0.2) is 27.0 Å². The zero-order valence-corrected chi connectivity index (χ0v) is 12.2. The van der Waals surface area contributed by atoms with Crippen LogP contribution in [0.3, 0.4) is 0 Å². The Balaban J connectivity index is 2.28. The number of sulfonamides is 1. The van der Waals surface area contributed by atoms with Gasteiger partial charge in [-0.1, -0.05) is 23.2 Å². The first-order valence-corrected chi connectivity index (χ1v) is 8.07. The average Bonchev–Trinajstić information content (AvgIpc) is 2.72. The van der Waals surface area contributed by atoms with Gasteiger partial charge >= 0.3 is 0 Å². The molecule has 2 N–H and O–H groups in total. The van der Waals surface area contributed by atoms with E-state index in [-0.39, 0.29) is 9.23 Å². The number of nitrogens with one attached hydrogen (secondary N) is 2. The summed E-state index contributed by atoms with van der Waals surface area (Å²) in [6, 6.07) is 1.38. The first-order chi connectivity index (χ1) is 7.82. The maximum absolute atomic E-state index is 12.2. The van der Waals surface area contributed by atoms with Gasteiger partial charge in [-0.25, -0.2) is 13.1 Å². The first kappa shape index (κ1) is 13.6. The number of hydrogen-bond donors (Lipinski definition) is 2. The van der Waals surface area contributed by atoms with Gasteiger partial charge in [0.15, 0.2) is 0 Å². The monoisotopic (exact) mass is 314 g/mol. The molecule has 17 heavy (non-hydrogen) atoms. The molecule has 1 aliphatic heterocycles. The lowest BCUT2D eigenvalue weighted by Gasteiger charge is -2.23. The maximum Gasteiger partial charge on any atom is 0.243 e. The molecule has 1 aliphatic rings. The summed E-state index contributed by atoms with van der Waals surface area (Å²) in [5, 5.41) is 3.12. The fourth-order valence-electron chi connectivity index (χ4n) is 1.79. The lowest BCUT2D eigenvalue weighted by molar-refractivity contribution is 0.452. The normalized spacial score (nSPS) is 25.4. The summed E-state index contributed by atoms with van der Waals surface area (Å²) in [5.41, 5.74) is -0.462. The highest BCUT2D eigenvalue weighted by molar-refractivity contribution is 7.89. The van der Waals surface area contributed by atoms with Crippen molar-refractivity contribution in [3.8, 4) is 0 Å². The highest BCUT2D eigenvalue weighted by Gasteiger charge is 2.34. The number of rotatable bonds is 3. The Hall–Kier alpha value is 0.150. The summed E-state index contributed by atoms with van der Waals surface area (Å²) < 4.78 is 27.5. The van der Waals surface area contributed by atoms with Crippen LogP contribution in [0.1, 0.15) is 13.3 Å². The average molecular weight is 315 g/mol. The Morgan fingerprint density at radius 3 is 2.71 bits per heavy atom. The molecule has 1 atom stereocenters. The minimum atomic E-state index is -3.61. The molecule has 1 aromatic heterocycles. The third-order valence-corrected chi connectivity index (χ3v) is 6.06. The second kappa shape index (κ2) is 4.68. The van der Waals surface area contributed by atoms with E-state index in [1.165, 1.54) is 6.07 Å². The summed E-state index contributed by atoms with van der Waals surface area (Å²) in [7, 11) is -3.61. The minimum Gasteiger partial charge on any atom is -0.315 e. The largest absolute Gasteiger partial charge is 0.315 e. The topological polar surface area (TPSA) is 58.2 Å². The number of halogens is 2. The van der Waals surface area contributed by atoms with Crippen molar-refractivity contribution in [2.75, 3.05) is 13.1 Å². The van der Waals surface area contributed by atoms with Gasteiger partial charge < -0.3 is 5.32 Å². The summed E-state index contributed by atoms with van der Waals surface area (Å²) in [6.07, 6.45) is 0.752. The molecule has 0 saturated carbocycles. The van der Waals surface area contributed by atoms with Crippen molar-refractivity contribution < 1.29 is 8.42 Å². The molecule has 0 aromatic carbocycles. The number of thiophene rings is 1. The smallest absolute Gasteiger partial charge is 0.243 e. The van der Waals surface area contributed by atoms with Gasteiger partial charge in [-0.2, -0.15) is 0 Å². The van der Waals surface area contributed by atoms with E-state index in [1.54, 1.807) is 0 Å². The van der Waals surface area contributed by atoms with E-state index in [2.05, 4.69) is 10.0 Å². The SMILES string of the molecule is CC1(NS(=O)(=O)c2cc(Cl)sc2Cl)CCNC1. The van der Waals surface area contributed by atoms with E-state index in [0.29, 0.717) is 10.9 Å². The van der Waals surface area contributed by atoms with Gasteiger partial charge in [-0.3, -0.25) is 0 Å².